The number of aliphatic hydroxyl groups is 6. The third-order valence-electron chi connectivity index (χ3n) is 10.5. The van der Waals surface area contributed by atoms with Gasteiger partial charge in [-0.25, -0.2) is 0 Å². The number of hydrogen-bond donors (Lipinski definition) is 23. The Morgan fingerprint density at radius 3 is 0.937 bits per heavy atom. The molecular weight excluding hydrogens is 1070 g/mol. The van der Waals surface area contributed by atoms with Crippen molar-refractivity contribution in [3.8, 4) is 0 Å². The second kappa shape index (κ2) is 35.9. The number of carbonyl (C=O) groups is 15. The Morgan fingerprint density at radius 2 is 0.633 bits per heavy atom. The maximum atomic E-state index is 13.6. The number of nitrogens with one attached hydrogen (secondary N) is 10. The van der Waals surface area contributed by atoms with Crippen LogP contribution < -0.4 is 70.4 Å². The first-order valence-electron chi connectivity index (χ1n) is 23.3. The van der Waals surface area contributed by atoms with Gasteiger partial charge < -0.3 is 121 Å². The lowest BCUT2D eigenvalue weighted by molar-refractivity contribution is -0.144. The molecule has 12 atom stereocenters. The van der Waals surface area contributed by atoms with Crippen molar-refractivity contribution < 1.29 is 123 Å². The minimum atomic E-state index is -2.31. The largest absolute Gasteiger partial charge is 0.481 e. The number of aliphatic hydroxyl groups excluding tert-OH is 6. The summed E-state index contributed by atoms with van der Waals surface area (Å²) in [6.07, 6.45) is -6.94. The lowest BCUT2D eigenvalue weighted by Crippen LogP contribution is -2.63. The van der Waals surface area contributed by atoms with Gasteiger partial charge in [-0.05, 0) is 32.7 Å². The molecule has 0 aliphatic carbocycles. The summed E-state index contributed by atoms with van der Waals surface area (Å²) in [5, 5.41) is 116. The van der Waals surface area contributed by atoms with Gasteiger partial charge in [-0.3, -0.25) is 71.9 Å². The molecule has 0 aliphatic heterocycles. The molecule has 0 aromatic carbocycles. The van der Waals surface area contributed by atoms with E-state index in [2.05, 4.69) is 5.32 Å². The van der Waals surface area contributed by atoms with Gasteiger partial charge in [0.15, 0.2) is 0 Å². The first kappa shape index (κ1) is 70.7. The minimum Gasteiger partial charge on any atom is -0.481 e. The van der Waals surface area contributed by atoms with Crippen molar-refractivity contribution in [2.45, 2.75) is 124 Å². The number of rotatable bonds is 39. The summed E-state index contributed by atoms with van der Waals surface area (Å²) in [6, 6.07) is -21.9. The highest BCUT2D eigenvalue weighted by molar-refractivity contribution is 6.01. The summed E-state index contributed by atoms with van der Waals surface area (Å²) in [5.41, 5.74) is 16.0. The molecule has 0 fully saturated rings. The molecule has 38 heteroatoms. The fourth-order valence-corrected chi connectivity index (χ4v) is 6.28. The van der Waals surface area contributed by atoms with Crippen LogP contribution in [-0.4, -0.2) is 252 Å². The molecule has 0 unspecified atom stereocenters. The van der Waals surface area contributed by atoms with Crippen LogP contribution in [0.1, 0.15) is 51.9 Å². The van der Waals surface area contributed by atoms with Crippen molar-refractivity contribution >= 4 is 88.9 Å². The van der Waals surface area contributed by atoms with E-state index in [0.717, 1.165) is 6.92 Å². The van der Waals surface area contributed by atoms with E-state index in [1.807, 2.05) is 31.9 Å². The number of carbonyl (C=O) groups excluding carboxylic acids is 11. The van der Waals surface area contributed by atoms with Crippen molar-refractivity contribution in [1.82, 2.24) is 53.2 Å². The van der Waals surface area contributed by atoms with Crippen LogP contribution in [0, 0.1) is 0 Å². The molecule has 0 spiro atoms. The van der Waals surface area contributed by atoms with Crippen molar-refractivity contribution in [2.75, 3.05) is 39.6 Å². The van der Waals surface area contributed by atoms with E-state index in [0.29, 0.717) is 0 Å². The monoisotopic (exact) mass is 1140 g/mol. The Bertz CT molecular complexity index is 2200. The highest BCUT2D eigenvalue weighted by Gasteiger charge is 2.38. The van der Waals surface area contributed by atoms with Gasteiger partial charge in [-0.15, -0.1) is 0 Å². The number of nitrogens with two attached hydrogens (primary N) is 3. The van der Waals surface area contributed by atoms with E-state index in [1.54, 1.807) is 16.0 Å². The molecule has 38 nitrogen and oxygen atoms in total. The summed E-state index contributed by atoms with van der Waals surface area (Å²) in [6.45, 7) is -4.69. The standard InChI is InChI=1S/C41H67N13O25/c1-15(60)30(54-40(78)25(14-59)50-32(70)16(43)10-55)41(79)53-24(13-58)39(77)52-22(11-56)37(75)45-17(4-2-3-5-42)33(71)51-23(12-57)38(76)49-21(9-29(67)68)36(74)48-20(8-28(65)66)35(73)47-19(7-27(63)64)34(72)46-18(31(44)69)6-26(61)62/h15-25,30,55-60H,2-14,42-43H2,1H3,(H2,44,69)(H,45,75)(H,46,72)(H,47,73)(H,48,74)(H,49,76)(H,50,70)(H,51,71)(H,52,77)(H,53,79)(H,54,78)(H,61,62)(H,63,64)(H,65,66)(H,67,68)/t15-,16-,17+,18-,19+,20-,21+,22-,23-,24+,25+,30+/m1/s1. The molecule has 0 aliphatic rings. The van der Waals surface area contributed by atoms with Gasteiger partial charge >= 0.3 is 23.9 Å². The van der Waals surface area contributed by atoms with Crippen molar-refractivity contribution in [1.29, 1.82) is 0 Å². The molecule has 79 heavy (non-hydrogen) atoms. The number of carboxylic acids is 4. The van der Waals surface area contributed by atoms with Gasteiger partial charge in [0.2, 0.25) is 65.0 Å². The normalized spacial score (nSPS) is 15.5. The summed E-state index contributed by atoms with van der Waals surface area (Å²) in [5.74, 6) is -22.6. The smallest absolute Gasteiger partial charge is 0.305 e. The lowest BCUT2D eigenvalue weighted by atomic mass is 10.1. The van der Waals surface area contributed by atoms with Crippen LogP contribution >= 0.6 is 0 Å². The second-order valence-electron chi connectivity index (χ2n) is 16.9. The molecule has 0 rings (SSSR count). The summed E-state index contributed by atoms with van der Waals surface area (Å²) in [7, 11) is 0. The van der Waals surface area contributed by atoms with Crippen LogP contribution in [0.15, 0.2) is 0 Å². The molecule has 446 valence electrons. The second-order valence-corrected chi connectivity index (χ2v) is 16.9. The molecule has 0 saturated carbocycles. The van der Waals surface area contributed by atoms with Gasteiger partial charge in [-0.2, -0.15) is 0 Å². The van der Waals surface area contributed by atoms with Gasteiger partial charge in [0.1, 0.15) is 66.5 Å². The van der Waals surface area contributed by atoms with E-state index < -0.39 is 220 Å². The first-order valence-corrected chi connectivity index (χ1v) is 23.3. The van der Waals surface area contributed by atoms with Crippen molar-refractivity contribution in [3.63, 3.8) is 0 Å². The Balaban J connectivity index is 6.39. The third-order valence-corrected chi connectivity index (χ3v) is 10.5. The molecule has 0 bridgehead atoms. The highest BCUT2D eigenvalue weighted by Crippen LogP contribution is 2.07. The maximum Gasteiger partial charge on any atom is 0.305 e. The van der Waals surface area contributed by atoms with Crippen LogP contribution in [0.4, 0.5) is 0 Å². The Hall–Kier alpha value is -8.27. The number of carboxylic acid groups (broad SMARTS) is 4. The maximum absolute atomic E-state index is 13.6. The predicted octanol–water partition coefficient (Wildman–Crippen LogP) is -14.0. The summed E-state index contributed by atoms with van der Waals surface area (Å²) < 4.78 is 0. The van der Waals surface area contributed by atoms with Crippen LogP contribution in [0.2, 0.25) is 0 Å². The molecular formula is C41H67N13O25. The molecule has 0 heterocycles. The molecule has 26 N–H and O–H groups in total. The predicted molar refractivity (Wildman–Crippen MR) is 256 cm³/mol. The number of unbranched alkanes of at least 4 members (excludes halogenated alkanes) is 1. The van der Waals surface area contributed by atoms with Crippen LogP contribution in [-0.2, 0) is 71.9 Å². The van der Waals surface area contributed by atoms with Gasteiger partial charge in [0, 0.05) is 0 Å². The van der Waals surface area contributed by atoms with E-state index in [4.69, 9.17) is 27.4 Å². The van der Waals surface area contributed by atoms with Crippen LogP contribution in [0.3, 0.4) is 0 Å². The first-order chi connectivity index (χ1) is 36.9. The zero-order valence-electron chi connectivity index (χ0n) is 41.9. The Morgan fingerprint density at radius 1 is 0.367 bits per heavy atom. The van der Waals surface area contributed by atoms with Gasteiger partial charge in [-0.1, -0.05) is 0 Å². The highest BCUT2D eigenvalue weighted by atomic mass is 16.4. The van der Waals surface area contributed by atoms with E-state index in [-0.39, 0.29) is 25.8 Å². The molecule has 0 saturated heterocycles. The van der Waals surface area contributed by atoms with Crippen molar-refractivity contribution in [2.24, 2.45) is 17.2 Å². The number of hydrogen-bond acceptors (Lipinski definition) is 23. The van der Waals surface area contributed by atoms with Crippen LogP contribution in [0.5, 0.6) is 0 Å². The van der Waals surface area contributed by atoms with Gasteiger partial charge in [0.05, 0.1) is 64.8 Å². The van der Waals surface area contributed by atoms with Gasteiger partial charge in [0.25, 0.3) is 0 Å². The number of aliphatic carboxylic acids is 4. The molecule has 0 radical (unpaired) electrons. The molecule has 0 aromatic rings. The zero-order valence-corrected chi connectivity index (χ0v) is 41.9. The topological polar surface area (TPSA) is 657 Å². The summed E-state index contributed by atoms with van der Waals surface area (Å²) >= 11 is 0. The Kier molecular flexibility index (Phi) is 32.2. The van der Waals surface area contributed by atoms with E-state index in [9.17, 15) is 113 Å². The fourth-order valence-electron chi connectivity index (χ4n) is 6.28. The van der Waals surface area contributed by atoms with Crippen LogP contribution in [0.25, 0.3) is 0 Å². The number of primary amides is 1. The Labute approximate surface area is 445 Å². The van der Waals surface area contributed by atoms with Crippen molar-refractivity contribution in [3.05, 3.63) is 0 Å². The summed E-state index contributed by atoms with van der Waals surface area (Å²) in [4.78, 5) is 189. The quantitative estimate of drug-likeness (QED) is 0.0254. The third kappa shape index (κ3) is 26.1. The SMILES string of the molecule is C[C@@H](O)[C@H](NC(=O)[C@H](CO)NC(=O)[C@H](N)CO)C(=O)N[C@@H](CO)C(=O)N[C@H](CO)C(=O)N[C@@H](CCCCN)C(=O)N[C@H](CO)C(=O)N[C@@H](CC(=O)O)C(=O)N[C@H](CC(=O)O)C(=O)N[C@@H](CC(=O)O)C(=O)N[C@H](CC(=O)O)C(N)=O. The molecule has 0 aromatic heterocycles. The molecule has 11 amide bonds. The lowest BCUT2D eigenvalue weighted by Gasteiger charge is -2.27. The average Bonchev–Trinajstić information content (AvgIpc) is 3.36. The average molecular weight is 1140 g/mol. The number of amides is 11. The zero-order chi connectivity index (χ0) is 60.9. The fraction of sp³-hybridized carbons (Fsp3) is 0.634. The minimum absolute atomic E-state index is 0.0390. The van der Waals surface area contributed by atoms with E-state index >= 15 is 0 Å². The van der Waals surface area contributed by atoms with E-state index in [1.165, 1.54) is 0 Å².